The number of anilines is 1. The summed E-state index contributed by atoms with van der Waals surface area (Å²) in [6.45, 7) is 0. The maximum Gasteiger partial charge on any atom is 0.339 e. The number of nitrogens with zero attached hydrogens (tertiary/aromatic N) is 1. The Morgan fingerprint density at radius 1 is 1.42 bits per heavy atom. The van der Waals surface area contributed by atoms with Crippen molar-refractivity contribution in [2.24, 2.45) is 0 Å². The molecule has 1 heterocycles. The summed E-state index contributed by atoms with van der Waals surface area (Å²) in [5.74, 6) is -0.325. The monoisotopic (exact) mass is 357 g/mol. The van der Waals surface area contributed by atoms with Crippen LogP contribution in [0.3, 0.4) is 0 Å². The van der Waals surface area contributed by atoms with Gasteiger partial charge in [0.2, 0.25) is 0 Å². The highest BCUT2D eigenvalue weighted by atomic mass is 79.9. The molecule has 0 unspecified atom stereocenters. The largest absolute Gasteiger partial charge is 0.465 e. The van der Waals surface area contributed by atoms with Crippen molar-refractivity contribution in [3.63, 3.8) is 0 Å². The fourth-order valence-corrected chi connectivity index (χ4v) is 3.68. The smallest absolute Gasteiger partial charge is 0.339 e. The molecule has 0 aliphatic carbocycles. The van der Waals surface area contributed by atoms with Crippen molar-refractivity contribution >= 4 is 50.9 Å². The molecule has 0 aliphatic rings. The van der Waals surface area contributed by atoms with Crippen LogP contribution >= 0.6 is 39.2 Å². The molecule has 1 aromatic carbocycles. The Hall–Kier alpha value is -0.980. The summed E-state index contributed by atoms with van der Waals surface area (Å²) in [7, 11) is 3.36. The van der Waals surface area contributed by atoms with Gasteiger partial charge in [-0.15, -0.1) is 0 Å². The number of carbonyl (C=O) groups excluding carboxylic acids is 1. The summed E-state index contributed by atoms with van der Waals surface area (Å²) in [5.41, 5.74) is 1.67. The number of halogens is 1. The Labute approximate surface area is 128 Å². The highest BCUT2D eigenvalue weighted by molar-refractivity contribution is 9.10. The van der Waals surface area contributed by atoms with Crippen LogP contribution in [0.2, 0.25) is 0 Å². The average molecular weight is 358 g/mol. The third-order valence-electron chi connectivity index (χ3n) is 2.45. The molecule has 1 aromatic heterocycles. The summed E-state index contributed by atoms with van der Waals surface area (Å²) in [4.78, 5) is 12.6. The Balaban J connectivity index is 2.28. The molecule has 0 amide bonds. The lowest BCUT2D eigenvalue weighted by Crippen LogP contribution is -2.09. The van der Waals surface area contributed by atoms with Crippen molar-refractivity contribution in [3.8, 4) is 0 Å². The minimum Gasteiger partial charge on any atom is -0.465 e. The summed E-state index contributed by atoms with van der Waals surface area (Å²) in [6.07, 6.45) is 0. The molecular weight excluding hydrogens is 346 g/mol. The first-order chi connectivity index (χ1) is 9.11. The quantitative estimate of drug-likeness (QED) is 0.597. The van der Waals surface area contributed by atoms with Crippen LogP contribution < -0.4 is 4.31 Å². The van der Waals surface area contributed by atoms with Crippen LogP contribution in [0, 0.1) is 0 Å². The van der Waals surface area contributed by atoms with Crippen molar-refractivity contribution in [1.82, 2.24) is 0 Å². The average Bonchev–Trinajstić information content (AvgIpc) is 2.92. The molecule has 2 rings (SSSR count). The minimum absolute atomic E-state index is 0.325. The van der Waals surface area contributed by atoms with Gasteiger partial charge >= 0.3 is 5.97 Å². The zero-order chi connectivity index (χ0) is 13.8. The SMILES string of the molecule is COC(=O)c1ccc(Br)cc1SN(C)c1ccsc1. The molecule has 0 aliphatic heterocycles. The van der Waals surface area contributed by atoms with E-state index in [1.807, 2.05) is 34.9 Å². The summed E-state index contributed by atoms with van der Waals surface area (Å²) < 4.78 is 7.76. The van der Waals surface area contributed by atoms with Crippen LogP contribution in [0.4, 0.5) is 5.69 Å². The fraction of sp³-hybridized carbons (Fsp3) is 0.154. The van der Waals surface area contributed by atoms with Crippen molar-refractivity contribution < 1.29 is 9.53 Å². The maximum absolute atomic E-state index is 11.7. The lowest BCUT2D eigenvalue weighted by Gasteiger charge is -2.17. The highest BCUT2D eigenvalue weighted by Gasteiger charge is 2.15. The zero-order valence-electron chi connectivity index (χ0n) is 10.4. The molecule has 2 aromatic rings. The van der Waals surface area contributed by atoms with Crippen molar-refractivity contribution in [1.29, 1.82) is 0 Å². The summed E-state index contributed by atoms with van der Waals surface area (Å²) in [5, 5.41) is 4.08. The second-order valence-electron chi connectivity index (χ2n) is 3.70. The lowest BCUT2D eigenvalue weighted by molar-refractivity contribution is 0.0597. The maximum atomic E-state index is 11.7. The van der Waals surface area contributed by atoms with Crippen LogP contribution in [-0.4, -0.2) is 20.1 Å². The van der Waals surface area contributed by atoms with Crippen LogP contribution in [0.1, 0.15) is 10.4 Å². The standard InChI is InChI=1S/C13H12BrNO2S2/c1-15(10-5-6-18-8-10)19-12-7-9(14)3-4-11(12)13(16)17-2/h3-8H,1-2H3. The fourth-order valence-electron chi connectivity index (χ4n) is 1.49. The molecule has 0 fully saturated rings. The highest BCUT2D eigenvalue weighted by Crippen LogP contribution is 2.32. The first kappa shape index (κ1) is 14.4. The number of ether oxygens (including phenoxy) is 1. The van der Waals surface area contributed by atoms with Gasteiger partial charge in [-0.2, -0.15) is 11.3 Å². The van der Waals surface area contributed by atoms with Crippen LogP contribution in [0.5, 0.6) is 0 Å². The number of esters is 1. The van der Waals surface area contributed by atoms with E-state index in [2.05, 4.69) is 21.3 Å². The summed E-state index contributed by atoms with van der Waals surface area (Å²) >= 11 is 6.56. The molecule has 0 N–H and O–H groups in total. The van der Waals surface area contributed by atoms with Crippen LogP contribution in [0.15, 0.2) is 44.4 Å². The number of thiophene rings is 1. The number of rotatable bonds is 4. The zero-order valence-corrected chi connectivity index (χ0v) is 13.6. The molecule has 19 heavy (non-hydrogen) atoms. The Kier molecular flexibility index (Phi) is 4.90. The van der Waals surface area contributed by atoms with E-state index in [9.17, 15) is 4.79 Å². The molecule has 0 atom stereocenters. The van der Waals surface area contributed by atoms with Gasteiger partial charge in [-0.05, 0) is 41.6 Å². The normalized spacial score (nSPS) is 10.3. The number of benzene rings is 1. The molecule has 6 heteroatoms. The first-order valence-electron chi connectivity index (χ1n) is 5.43. The number of carbonyl (C=O) groups is 1. The van der Waals surface area contributed by atoms with Gasteiger partial charge in [0.25, 0.3) is 0 Å². The molecule has 3 nitrogen and oxygen atoms in total. The van der Waals surface area contributed by atoms with Crippen molar-refractivity contribution in [2.75, 3.05) is 18.5 Å². The molecule has 0 spiro atoms. The predicted octanol–water partition coefficient (Wildman–Crippen LogP) is 4.44. The van der Waals surface area contributed by atoms with Gasteiger partial charge in [-0.3, -0.25) is 0 Å². The van der Waals surface area contributed by atoms with E-state index < -0.39 is 0 Å². The van der Waals surface area contributed by atoms with E-state index in [0.29, 0.717) is 5.56 Å². The Morgan fingerprint density at radius 3 is 2.84 bits per heavy atom. The molecule has 0 radical (unpaired) electrons. The van der Waals surface area contributed by atoms with Crippen LogP contribution in [0.25, 0.3) is 0 Å². The molecule has 0 saturated carbocycles. The Morgan fingerprint density at radius 2 is 2.21 bits per heavy atom. The lowest BCUT2D eigenvalue weighted by atomic mass is 10.2. The predicted molar refractivity (Wildman–Crippen MR) is 84.1 cm³/mol. The van der Waals surface area contributed by atoms with Gasteiger partial charge in [0, 0.05) is 21.8 Å². The third-order valence-corrected chi connectivity index (χ3v) is 4.64. The summed E-state index contributed by atoms with van der Waals surface area (Å²) in [6, 6.07) is 7.55. The molecule has 100 valence electrons. The van der Waals surface area contributed by atoms with E-state index in [1.165, 1.54) is 19.1 Å². The molecule has 0 bridgehead atoms. The van der Waals surface area contributed by atoms with Gasteiger partial charge in [-0.1, -0.05) is 15.9 Å². The third kappa shape index (κ3) is 3.52. The van der Waals surface area contributed by atoms with E-state index in [4.69, 9.17) is 4.74 Å². The van der Waals surface area contributed by atoms with E-state index in [-0.39, 0.29) is 5.97 Å². The van der Waals surface area contributed by atoms with E-state index in [0.717, 1.165) is 15.1 Å². The number of hydrogen-bond acceptors (Lipinski definition) is 5. The second kappa shape index (κ2) is 6.45. The van der Waals surface area contributed by atoms with Crippen molar-refractivity contribution in [2.45, 2.75) is 4.90 Å². The number of hydrogen-bond donors (Lipinski definition) is 0. The Bertz CT molecular complexity index is 572. The topological polar surface area (TPSA) is 29.5 Å². The van der Waals surface area contributed by atoms with E-state index >= 15 is 0 Å². The van der Waals surface area contributed by atoms with Gasteiger partial charge in [0.1, 0.15) is 0 Å². The van der Waals surface area contributed by atoms with Gasteiger partial charge < -0.3 is 9.04 Å². The van der Waals surface area contributed by atoms with Crippen molar-refractivity contribution in [3.05, 3.63) is 45.1 Å². The van der Waals surface area contributed by atoms with Gasteiger partial charge in [0.15, 0.2) is 0 Å². The molecular formula is C13H12BrNO2S2. The van der Waals surface area contributed by atoms with Gasteiger partial charge in [-0.25, -0.2) is 4.79 Å². The van der Waals surface area contributed by atoms with Gasteiger partial charge in [0.05, 0.1) is 18.4 Å². The second-order valence-corrected chi connectivity index (χ2v) is 6.57. The molecule has 0 saturated heterocycles. The number of methoxy groups -OCH3 is 1. The van der Waals surface area contributed by atoms with Crippen LogP contribution in [-0.2, 0) is 4.74 Å². The first-order valence-corrected chi connectivity index (χ1v) is 7.94. The minimum atomic E-state index is -0.325. The van der Waals surface area contributed by atoms with E-state index in [1.54, 1.807) is 17.4 Å².